The number of carbonyl (C=O) groups excluding carboxylic acids is 2. The molecule has 172 valence electrons. The third kappa shape index (κ3) is 5.38. The molecule has 33 heavy (non-hydrogen) atoms. The minimum absolute atomic E-state index is 0.0299. The Hall–Kier alpha value is -2.86. The van der Waals surface area contributed by atoms with Crippen LogP contribution in [0.3, 0.4) is 0 Å². The Kier molecular flexibility index (Phi) is 7.80. The number of rotatable bonds is 5. The first kappa shape index (κ1) is 24.8. The number of hydrogen-bond acceptors (Lipinski definition) is 4. The molecule has 0 spiro atoms. The van der Waals surface area contributed by atoms with Gasteiger partial charge in [-0.2, -0.15) is 0 Å². The van der Waals surface area contributed by atoms with Crippen molar-refractivity contribution in [1.82, 2.24) is 0 Å². The van der Waals surface area contributed by atoms with Crippen molar-refractivity contribution >= 4 is 35.0 Å². The van der Waals surface area contributed by atoms with Crippen molar-refractivity contribution in [3.8, 4) is 5.75 Å². The standard InChI is InChI=1S/C18H14Cl2O4.C8H11N/c1-18(11-5-3-2-4-6-11)8-10-7-12(24-9-13(21)22)15(19)16(20)14(10)17(18)23;1-7(9)8-5-3-2-4-6-8/h2-7H,8-9H2,1H3,(H,21,22);2-7H,9H2,1H3. The van der Waals surface area contributed by atoms with Crippen LogP contribution in [-0.2, 0) is 16.6 Å². The van der Waals surface area contributed by atoms with Gasteiger partial charge in [0.05, 0.1) is 16.4 Å². The number of carbonyl (C=O) groups is 2. The lowest BCUT2D eigenvalue weighted by molar-refractivity contribution is -0.420. The number of carboxylic acids is 1. The van der Waals surface area contributed by atoms with Crippen molar-refractivity contribution in [2.75, 3.05) is 6.61 Å². The van der Waals surface area contributed by atoms with Gasteiger partial charge in [0.25, 0.3) is 0 Å². The number of ketones is 1. The van der Waals surface area contributed by atoms with E-state index in [1.807, 2.05) is 55.5 Å². The van der Waals surface area contributed by atoms with Crippen LogP contribution in [0.25, 0.3) is 0 Å². The van der Waals surface area contributed by atoms with Gasteiger partial charge < -0.3 is 20.4 Å². The van der Waals surface area contributed by atoms with Crippen LogP contribution in [0.4, 0.5) is 0 Å². The minimum Gasteiger partial charge on any atom is -0.546 e. The fourth-order valence-electron chi connectivity index (χ4n) is 3.84. The number of carboxylic acid groups (broad SMARTS) is 1. The normalized spacial score (nSPS) is 17.5. The van der Waals surface area contributed by atoms with E-state index in [0.29, 0.717) is 23.6 Å². The lowest BCUT2D eigenvalue weighted by Gasteiger charge is -2.22. The Bertz CT molecular complexity index is 1150. The van der Waals surface area contributed by atoms with Crippen molar-refractivity contribution in [3.63, 3.8) is 0 Å². The molecule has 0 heterocycles. The van der Waals surface area contributed by atoms with E-state index in [2.05, 4.69) is 24.8 Å². The molecular weight excluding hydrogens is 461 g/mol. The van der Waals surface area contributed by atoms with Gasteiger partial charge in [0, 0.05) is 11.1 Å². The second kappa shape index (κ2) is 10.4. The second-order valence-corrected chi connectivity index (χ2v) is 8.97. The van der Waals surface area contributed by atoms with Gasteiger partial charge >= 0.3 is 0 Å². The van der Waals surface area contributed by atoms with Gasteiger partial charge in [-0.3, -0.25) is 4.79 Å². The molecule has 0 aromatic heterocycles. The van der Waals surface area contributed by atoms with Crippen LogP contribution in [0.15, 0.2) is 66.7 Å². The quantitative estimate of drug-likeness (QED) is 0.594. The Morgan fingerprint density at radius 3 is 2.18 bits per heavy atom. The molecule has 0 saturated carbocycles. The van der Waals surface area contributed by atoms with Gasteiger partial charge in [0.1, 0.15) is 23.4 Å². The maximum atomic E-state index is 13.0. The summed E-state index contributed by atoms with van der Waals surface area (Å²) in [6.07, 6.45) is 0.434. The van der Waals surface area contributed by atoms with Crippen LogP contribution in [0.2, 0.25) is 10.0 Å². The van der Waals surface area contributed by atoms with Crippen LogP contribution in [-0.4, -0.2) is 18.4 Å². The number of quaternary nitrogens is 1. The smallest absolute Gasteiger partial charge is 0.175 e. The zero-order chi connectivity index (χ0) is 24.2. The highest BCUT2D eigenvalue weighted by atomic mass is 35.5. The van der Waals surface area contributed by atoms with Gasteiger partial charge in [-0.1, -0.05) is 83.9 Å². The van der Waals surface area contributed by atoms with E-state index >= 15 is 0 Å². The van der Waals surface area contributed by atoms with Gasteiger partial charge in [-0.05, 0) is 37.5 Å². The predicted molar refractivity (Wildman–Crippen MR) is 127 cm³/mol. The monoisotopic (exact) mass is 485 g/mol. The number of ether oxygens (including phenoxy) is 1. The first-order valence-electron chi connectivity index (χ1n) is 10.5. The van der Waals surface area contributed by atoms with Gasteiger partial charge in [0.2, 0.25) is 0 Å². The van der Waals surface area contributed by atoms with E-state index in [1.165, 1.54) is 5.56 Å². The Morgan fingerprint density at radius 1 is 1.09 bits per heavy atom. The maximum Gasteiger partial charge on any atom is 0.175 e. The summed E-state index contributed by atoms with van der Waals surface area (Å²) in [6.45, 7) is 3.31. The van der Waals surface area contributed by atoms with Crippen LogP contribution in [0, 0.1) is 0 Å². The third-order valence-electron chi connectivity index (χ3n) is 5.65. The lowest BCUT2D eigenvalue weighted by Crippen LogP contribution is -2.51. The van der Waals surface area contributed by atoms with Gasteiger partial charge in [-0.15, -0.1) is 0 Å². The fourth-order valence-corrected chi connectivity index (χ4v) is 4.34. The van der Waals surface area contributed by atoms with Crippen molar-refractivity contribution < 1.29 is 25.2 Å². The molecule has 2 unspecified atom stereocenters. The summed E-state index contributed by atoms with van der Waals surface area (Å²) in [5.74, 6) is -1.34. The summed E-state index contributed by atoms with van der Waals surface area (Å²) < 4.78 is 5.12. The van der Waals surface area contributed by atoms with E-state index in [1.54, 1.807) is 6.07 Å². The maximum absolute atomic E-state index is 13.0. The first-order valence-corrected chi connectivity index (χ1v) is 11.2. The zero-order valence-corrected chi connectivity index (χ0v) is 20.0. The molecule has 1 aliphatic rings. The Balaban J connectivity index is 0.000000286. The zero-order valence-electron chi connectivity index (χ0n) is 18.4. The molecule has 3 aromatic carbocycles. The molecule has 1 aliphatic carbocycles. The summed E-state index contributed by atoms with van der Waals surface area (Å²) in [6, 6.07) is 21.7. The van der Waals surface area contributed by atoms with E-state index in [9.17, 15) is 14.7 Å². The van der Waals surface area contributed by atoms with Crippen molar-refractivity contribution in [3.05, 3.63) is 99.0 Å². The Morgan fingerprint density at radius 2 is 1.67 bits per heavy atom. The van der Waals surface area contributed by atoms with E-state index in [-0.39, 0.29) is 21.6 Å². The number of hydrogen-bond donors (Lipinski definition) is 1. The van der Waals surface area contributed by atoms with Gasteiger partial charge in [0.15, 0.2) is 5.78 Å². The average molecular weight is 486 g/mol. The predicted octanol–water partition coefficient (Wildman–Crippen LogP) is 3.81. The Labute approximate surface area is 203 Å². The summed E-state index contributed by atoms with van der Waals surface area (Å²) in [5, 5.41) is 10.7. The molecule has 2 atom stereocenters. The van der Waals surface area contributed by atoms with Crippen molar-refractivity contribution in [2.45, 2.75) is 31.7 Å². The summed E-state index contributed by atoms with van der Waals surface area (Å²) in [7, 11) is 0. The molecule has 7 heteroatoms. The number of benzene rings is 3. The molecule has 0 saturated heterocycles. The summed E-state index contributed by atoms with van der Waals surface area (Å²) in [5.41, 5.74) is 6.41. The molecule has 0 bridgehead atoms. The highest BCUT2D eigenvalue weighted by molar-refractivity contribution is 6.45. The molecule has 0 radical (unpaired) electrons. The van der Waals surface area contributed by atoms with Crippen LogP contribution in [0.1, 0.15) is 46.9 Å². The largest absolute Gasteiger partial charge is 0.546 e. The van der Waals surface area contributed by atoms with E-state index in [4.69, 9.17) is 27.9 Å². The molecule has 4 rings (SSSR count). The topological polar surface area (TPSA) is 94.1 Å². The SMILES string of the molecule is CC([NH3+])c1ccccc1.CC1(c2ccccc2)Cc2cc(OCC(=O)[O-])c(Cl)c(Cl)c2C1=O. The van der Waals surface area contributed by atoms with Crippen LogP contribution >= 0.6 is 23.2 Å². The summed E-state index contributed by atoms with van der Waals surface area (Å²) >= 11 is 12.4. The van der Waals surface area contributed by atoms with Crippen LogP contribution in [0.5, 0.6) is 5.75 Å². The molecular formula is C26H25Cl2NO4. The fraction of sp³-hybridized carbons (Fsp3) is 0.231. The molecule has 0 amide bonds. The van der Waals surface area contributed by atoms with Gasteiger partial charge in [-0.25, -0.2) is 0 Å². The molecule has 5 nitrogen and oxygen atoms in total. The molecule has 0 fully saturated rings. The minimum atomic E-state index is -1.37. The number of halogens is 2. The molecule has 0 aliphatic heterocycles. The lowest BCUT2D eigenvalue weighted by atomic mass is 9.79. The number of Topliss-reactive ketones (excluding diaryl/α,β-unsaturated/α-hetero) is 1. The molecule has 3 aromatic rings. The van der Waals surface area contributed by atoms with Crippen molar-refractivity contribution in [1.29, 1.82) is 0 Å². The highest BCUT2D eigenvalue weighted by Crippen LogP contribution is 2.47. The van der Waals surface area contributed by atoms with E-state index in [0.717, 1.165) is 5.56 Å². The average Bonchev–Trinajstić information content (AvgIpc) is 3.07. The molecule has 3 N–H and O–H groups in total. The second-order valence-electron chi connectivity index (χ2n) is 8.21. The number of fused-ring (bicyclic) bond motifs is 1. The number of aliphatic carboxylic acids is 1. The summed E-state index contributed by atoms with van der Waals surface area (Å²) in [4.78, 5) is 23.6. The third-order valence-corrected chi connectivity index (χ3v) is 6.50. The van der Waals surface area contributed by atoms with Crippen molar-refractivity contribution in [2.24, 2.45) is 0 Å². The van der Waals surface area contributed by atoms with E-state index < -0.39 is 18.0 Å². The highest BCUT2D eigenvalue weighted by Gasteiger charge is 2.45. The first-order chi connectivity index (χ1) is 15.6. The van der Waals surface area contributed by atoms with Crippen LogP contribution < -0.4 is 15.6 Å².